The summed E-state index contributed by atoms with van der Waals surface area (Å²) in [5, 5.41) is 4.07. The fraction of sp³-hybridized carbons (Fsp3) is 0.238. The van der Waals surface area contributed by atoms with Gasteiger partial charge in [-0.1, -0.05) is 12.1 Å². The van der Waals surface area contributed by atoms with Crippen LogP contribution in [0.5, 0.6) is 5.75 Å². The van der Waals surface area contributed by atoms with Crippen LogP contribution in [0.1, 0.15) is 45.5 Å². The Morgan fingerprint density at radius 1 is 0.929 bits per heavy atom. The van der Waals surface area contributed by atoms with Crippen LogP contribution in [0, 0.1) is 0 Å². The number of hydrogen-bond donors (Lipinski definition) is 1. The van der Waals surface area contributed by atoms with E-state index in [2.05, 4.69) is 10.5 Å². The molecule has 0 bridgehead atoms. The topological polar surface area (TPSA) is 88.1 Å². The Morgan fingerprint density at radius 2 is 1.61 bits per heavy atom. The fourth-order valence-electron chi connectivity index (χ4n) is 3.28. The van der Waals surface area contributed by atoms with Crippen LogP contribution in [-0.2, 0) is 4.79 Å². The van der Waals surface area contributed by atoms with Crippen LogP contribution in [-0.4, -0.2) is 41.5 Å². The maximum atomic E-state index is 12.3. The van der Waals surface area contributed by atoms with Crippen molar-refractivity contribution in [1.82, 2.24) is 10.3 Å². The third-order valence-electron chi connectivity index (χ3n) is 4.76. The Morgan fingerprint density at radius 3 is 2.21 bits per heavy atom. The van der Waals surface area contributed by atoms with Crippen molar-refractivity contribution in [3.8, 4) is 5.75 Å². The van der Waals surface area contributed by atoms with E-state index in [9.17, 15) is 14.4 Å². The van der Waals surface area contributed by atoms with Crippen LogP contribution >= 0.6 is 0 Å². The van der Waals surface area contributed by atoms with Gasteiger partial charge in [0.05, 0.1) is 23.4 Å². The SMILES string of the molecule is O=C1CCC(c2ccc(OCCCN3C(=O)c4ccccc4C3=O)cc2)=NN1. The molecule has 2 aliphatic rings. The van der Waals surface area contributed by atoms with E-state index in [1.54, 1.807) is 24.3 Å². The number of imide groups is 1. The largest absolute Gasteiger partial charge is 0.494 e. The van der Waals surface area contributed by atoms with Crippen LogP contribution < -0.4 is 10.2 Å². The highest BCUT2D eigenvalue weighted by molar-refractivity contribution is 6.21. The number of benzene rings is 2. The number of hydrogen-bond acceptors (Lipinski definition) is 5. The fourth-order valence-corrected chi connectivity index (χ4v) is 3.28. The van der Waals surface area contributed by atoms with E-state index in [4.69, 9.17) is 4.74 Å². The summed E-state index contributed by atoms with van der Waals surface area (Å²) in [5.41, 5.74) is 5.20. The Labute approximate surface area is 162 Å². The average molecular weight is 377 g/mol. The molecular weight excluding hydrogens is 358 g/mol. The van der Waals surface area contributed by atoms with Crippen LogP contribution in [0.2, 0.25) is 0 Å². The van der Waals surface area contributed by atoms with Gasteiger partial charge in [-0.3, -0.25) is 19.3 Å². The second kappa shape index (κ2) is 7.64. The number of fused-ring (bicyclic) bond motifs is 1. The zero-order valence-electron chi connectivity index (χ0n) is 15.2. The van der Waals surface area contributed by atoms with Crippen molar-refractivity contribution in [3.05, 3.63) is 65.2 Å². The minimum Gasteiger partial charge on any atom is -0.494 e. The van der Waals surface area contributed by atoms with E-state index < -0.39 is 0 Å². The molecule has 7 nitrogen and oxygen atoms in total. The highest BCUT2D eigenvalue weighted by atomic mass is 16.5. The summed E-state index contributed by atoms with van der Waals surface area (Å²) >= 11 is 0. The molecular formula is C21H19N3O4. The maximum Gasteiger partial charge on any atom is 0.261 e. The summed E-state index contributed by atoms with van der Waals surface area (Å²) < 4.78 is 5.71. The molecule has 2 heterocycles. The molecule has 2 aromatic carbocycles. The molecule has 0 unspecified atom stereocenters. The van der Waals surface area contributed by atoms with Gasteiger partial charge in [-0.05, 0) is 48.4 Å². The summed E-state index contributed by atoms with van der Waals surface area (Å²) in [6.45, 7) is 0.713. The molecule has 4 rings (SSSR count). The van der Waals surface area contributed by atoms with Gasteiger partial charge in [-0.25, -0.2) is 5.43 Å². The minimum atomic E-state index is -0.245. The molecule has 1 N–H and O–H groups in total. The molecule has 2 aromatic rings. The van der Waals surface area contributed by atoms with Gasteiger partial charge in [0.2, 0.25) is 5.91 Å². The molecule has 2 aliphatic heterocycles. The van der Waals surface area contributed by atoms with Gasteiger partial charge in [0, 0.05) is 19.4 Å². The molecule has 0 saturated carbocycles. The first-order valence-electron chi connectivity index (χ1n) is 9.17. The van der Waals surface area contributed by atoms with Crippen molar-refractivity contribution in [2.45, 2.75) is 19.3 Å². The van der Waals surface area contributed by atoms with Gasteiger partial charge in [0.15, 0.2) is 0 Å². The maximum absolute atomic E-state index is 12.3. The summed E-state index contributed by atoms with van der Waals surface area (Å²) in [4.78, 5) is 37.0. The number of rotatable bonds is 6. The van der Waals surface area contributed by atoms with E-state index in [1.807, 2.05) is 24.3 Å². The van der Waals surface area contributed by atoms with Crippen LogP contribution in [0.25, 0.3) is 0 Å². The molecule has 0 fully saturated rings. The summed E-state index contributed by atoms with van der Waals surface area (Å²) in [5.74, 6) is 0.143. The summed E-state index contributed by atoms with van der Waals surface area (Å²) in [6.07, 6.45) is 1.60. The molecule has 28 heavy (non-hydrogen) atoms. The van der Waals surface area contributed by atoms with Crippen molar-refractivity contribution in [2.24, 2.45) is 5.10 Å². The molecule has 0 radical (unpaired) electrons. The monoisotopic (exact) mass is 377 g/mol. The van der Waals surface area contributed by atoms with E-state index in [0.717, 1.165) is 11.3 Å². The average Bonchev–Trinajstić information content (AvgIpc) is 2.97. The number of nitrogens with zero attached hydrogens (tertiary/aromatic N) is 2. The van der Waals surface area contributed by atoms with Gasteiger partial charge in [0.1, 0.15) is 5.75 Å². The van der Waals surface area contributed by atoms with Gasteiger partial charge < -0.3 is 4.74 Å². The second-order valence-corrected chi connectivity index (χ2v) is 6.63. The summed E-state index contributed by atoms with van der Waals surface area (Å²) in [7, 11) is 0. The van der Waals surface area contributed by atoms with E-state index in [-0.39, 0.29) is 17.7 Å². The van der Waals surface area contributed by atoms with Crippen molar-refractivity contribution < 1.29 is 19.1 Å². The number of ether oxygens (including phenoxy) is 1. The highest BCUT2D eigenvalue weighted by Crippen LogP contribution is 2.22. The molecule has 0 atom stereocenters. The molecule has 3 amide bonds. The number of amides is 3. The Hall–Kier alpha value is -3.48. The Balaban J connectivity index is 1.28. The number of hydrazone groups is 1. The second-order valence-electron chi connectivity index (χ2n) is 6.63. The van der Waals surface area contributed by atoms with Crippen molar-refractivity contribution in [1.29, 1.82) is 0 Å². The lowest BCUT2D eigenvalue weighted by atomic mass is 10.0. The van der Waals surface area contributed by atoms with Gasteiger partial charge in [-0.15, -0.1) is 0 Å². The zero-order valence-corrected chi connectivity index (χ0v) is 15.2. The molecule has 142 valence electrons. The Bertz CT molecular complexity index is 931. The third kappa shape index (κ3) is 3.51. The molecule has 0 aliphatic carbocycles. The van der Waals surface area contributed by atoms with Crippen LogP contribution in [0.4, 0.5) is 0 Å². The van der Waals surface area contributed by atoms with Crippen molar-refractivity contribution in [3.63, 3.8) is 0 Å². The van der Waals surface area contributed by atoms with E-state index in [0.29, 0.717) is 49.3 Å². The van der Waals surface area contributed by atoms with Gasteiger partial charge >= 0.3 is 0 Å². The van der Waals surface area contributed by atoms with Crippen molar-refractivity contribution >= 4 is 23.4 Å². The predicted molar refractivity (Wildman–Crippen MR) is 102 cm³/mol. The quantitative estimate of drug-likeness (QED) is 0.618. The Kier molecular flexibility index (Phi) is 4.89. The number of carbonyl (C=O) groups excluding carboxylic acids is 3. The van der Waals surface area contributed by atoms with Crippen molar-refractivity contribution in [2.75, 3.05) is 13.2 Å². The third-order valence-corrected chi connectivity index (χ3v) is 4.76. The minimum absolute atomic E-state index is 0.0678. The first-order chi connectivity index (χ1) is 13.6. The van der Waals surface area contributed by atoms with Crippen LogP contribution in [0.15, 0.2) is 53.6 Å². The molecule has 7 heteroatoms. The van der Waals surface area contributed by atoms with Gasteiger partial charge in [-0.2, -0.15) is 5.10 Å². The van der Waals surface area contributed by atoms with E-state index in [1.165, 1.54) is 4.90 Å². The molecule has 0 aromatic heterocycles. The van der Waals surface area contributed by atoms with Crippen LogP contribution in [0.3, 0.4) is 0 Å². The van der Waals surface area contributed by atoms with E-state index >= 15 is 0 Å². The smallest absolute Gasteiger partial charge is 0.261 e. The van der Waals surface area contributed by atoms with Gasteiger partial charge in [0.25, 0.3) is 11.8 Å². The lowest BCUT2D eigenvalue weighted by molar-refractivity contribution is -0.121. The molecule has 0 saturated heterocycles. The normalized spacial score (nSPS) is 15.9. The number of carbonyl (C=O) groups is 3. The standard InChI is InChI=1S/C21H19N3O4/c25-19-11-10-18(22-23-19)14-6-8-15(9-7-14)28-13-3-12-24-20(26)16-4-1-2-5-17(16)21(24)27/h1-2,4-9H,3,10-13H2,(H,23,25). The first-order valence-corrected chi connectivity index (χ1v) is 9.17. The highest BCUT2D eigenvalue weighted by Gasteiger charge is 2.34. The lowest BCUT2D eigenvalue weighted by Gasteiger charge is -2.14. The predicted octanol–water partition coefficient (Wildman–Crippen LogP) is 2.37. The lowest BCUT2D eigenvalue weighted by Crippen LogP contribution is -2.31. The molecule has 0 spiro atoms. The zero-order chi connectivity index (χ0) is 19.5. The number of nitrogens with one attached hydrogen (secondary N) is 1. The first kappa shape index (κ1) is 17.9. The summed E-state index contributed by atoms with van der Waals surface area (Å²) in [6, 6.07) is 14.4.